The minimum atomic E-state index is -0.431. The second-order valence-corrected chi connectivity index (χ2v) is 3.66. The second kappa shape index (κ2) is 5.03. The number of rotatable bonds is 4. The van der Waals surface area contributed by atoms with Crippen molar-refractivity contribution in [2.75, 3.05) is 13.2 Å². The first-order chi connectivity index (χ1) is 8.69. The third kappa shape index (κ3) is 2.01. The zero-order valence-corrected chi connectivity index (χ0v) is 10.6. The van der Waals surface area contributed by atoms with Crippen molar-refractivity contribution in [3.8, 4) is 5.75 Å². The van der Waals surface area contributed by atoms with Gasteiger partial charge in [0.15, 0.2) is 5.65 Å². The molecule has 0 saturated heterocycles. The zero-order valence-electron chi connectivity index (χ0n) is 10.6. The van der Waals surface area contributed by atoms with Gasteiger partial charge in [-0.25, -0.2) is 9.78 Å². The summed E-state index contributed by atoms with van der Waals surface area (Å²) in [7, 11) is 1.79. The number of hydrogen-bond donors (Lipinski definition) is 0. The molecule has 0 aromatic carbocycles. The number of pyridine rings is 1. The van der Waals surface area contributed by atoms with Crippen LogP contribution in [0.3, 0.4) is 0 Å². The van der Waals surface area contributed by atoms with E-state index in [1.54, 1.807) is 24.9 Å². The summed E-state index contributed by atoms with van der Waals surface area (Å²) in [5.74, 6) is 0.0493. The number of hydrogen-bond acceptors (Lipinski definition) is 5. The normalized spacial score (nSPS) is 10.6. The number of esters is 1. The number of fused-ring (bicyclic) bond motifs is 1. The van der Waals surface area contributed by atoms with Crippen molar-refractivity contribution >= 4 is 17.0 Å². The van der Waals surface area contributed by atoms with E-state index < -0.39 is 5.97 Å². The van der Waals surface area contributed by atoms with Crippen molar-refractivity contribution in [1.29, 1.82) is 0 Å². The summed E-state index contributed by atoms with van der Waals surface area (Å²) < 4.78 is 12.2. The van der Waals surface area contributed by atoms with E-state index in [1.165, 1.54) is 6.20 Å². The molecule has 6 nitrogen and oxygen atoms in total. The maximum Gasteiger partial charge on any atom is 0.343 e. The van der Waals surface area contributed by atoms with E-state index in [0.717, 1.165) is 0 Å². The van der Waals surface area contributed by atoms with E-state index in [1.807, 2.05) is 6.92 Å². The SMILES string of the molecule is CCOC(=O)c1cnc2c(cnn2C)c1OCC. The summed E-state index contributed by atoms with van der Waals surface area (Å²) in [5.41, 5.74) is 1.01. The maximum absolute atomic E-state index is 11.8. The lowest BCUT2D eigenvalue weighted by atomic mass is 10.2. The molecule has 0 unspecified atom stereocenters. The van der Waals surface area contributed by atoms with Crippen LogP contribution >= 0.6 is 0 Å². The van der Waals surface area contributed by atoms with Gasteiger partial charge in [0, 0.05) is 13.2 Å². The van der Waals surface area contributed by atoms with Crippen LogP contribution in [0, 0.1) is 0 Å². The summed E-state index contributed by atoms with van der Waals surface area (Å²) in [4.78, 5) is 16.0. The molecule has 0 bridgehead atoms. The maximum atomic E-state index is 11.8. The number of aryl methyl sites for hydroxylation is 1. The molecule has 2 heterocycles. The molecule has 0 N–H and O–H groups in total. The summed E-state index contributed by atoms with van der Waals surface area (Å²) in [6, 6.07) is 0. The highest BCUT2D eigenvalue weighted by Gasteiger charge is 2.19. The van der Waals surface area contributed by atoms with Crippen LogP contribution in [0.25, 0.3) is 11.0 Å². The second-order valence-electron chi connectivity index (χ2n) is 3.66. The van der Waals surface area contributed by atoms with E-state index >= 15 is 0 Å². The largest absolute Gasteiger partial charge is 0.492 e. The lowest BCUT2D eigenvalue weighted by Gasteiger charge is -2.10. The average Bonchev–Trinajstić information content (AvgIpc) is 2.73. The predicted molar refractivity (Wildman–Crippen MR) is 65.6 cm³/mol. The first kappa shape index (κ1) is 12.3. The highest BCUT2D eigenvalue weighted by atomic mass is 16.5. The Labute approximate surface area is 105 Å². The summed E-state index contributed by atoms with van der Waals surface area (Å²) in [6.07, 6.45) is 3.10. The Morgan fingerprint density at radius 3 is 2.78 bits per heavy atom. The molecular formula is C12H15N3O3. The van der Waals surface area contributed by atoms with Gasteiger partial charge in [0.25, 0.3) is 0 Å². The fourth-order valence-corrected chi connectivity index (χ4v) is 1.73. The monoisotopic (exact) mass is 249 g/mol. The number of nitrogens with zero attached hydrogens (tertiary/aromatic N) is 3. The fraction of sp³-hybridized carbons (Fsp3) is 0.417. The molecule has 0 aliphatic heterocycles. The Morgan fingerprint density at radius 1 is 1.33 bits per heavy atom. The van der Waals surface area contributed by atoms with Crippen LogP contribution < -0.4 is 4.74 Å². The number of aromatic nitrogens is 3. The molecule has 0 aliphatic carbocycles. The highest BCUT2D eigenvalue weighted by Crippen LogP contribution is 2.28. The molecule has 2 rings (SSSR count). The van der Waals surface area contributed by atoms with E-state index in [2.05, 4.69) is 10.1 Å². The third-order valence-electron chi connectivity index (χ3n) is 2.50. The summed E-state index contributed by atoms with van der Waals surface area (Å²) in [5, 5.41) is 4.82. The van der Waals surface area contributed by atoms with Gasteiger partial charge in [-0.2, -0.15) is 5.10 Å². The minimum Gasteiger partial charge on any atom is -0.492 e. The van der Waals surface area contributed by atoms with Crippen LogP contribution in [0.15, 0.2) is 12.4 Å². The highest BCUT2D eigenvalue weighted by molar-refractivity contribution is 5.98. The van der Waals surface area contributed by atoms with Gasteiger partial charge in [-0.1, -0.05) is 0 Å². The molecule has 2 aromatic heterocycles. The van der Waals surface area contributed by atoms with Gasteiger partial charge in [-0.05, 0) is 13.8 Å². The molecule has 0 atom stereocenters. The smallest absolute Gasteiger partial charge is 0.343 e. The van der Waals surface area contributed by atoms with Crippen LogP contribution in [-0.2, 0) is 11.8 Å². The third-order valence-corrected chi connectivity index (χ3v) is 2.50. The number of carbonyl (C=O) groups excluding carboxylic acids is 1. The van der Waals surface area contributed by atoms with Crippen LogP contribution in [0.5, 0.6) is 5.75 Å². The van der Waals surface area contributed by atoms with Gasteiger partial charge < -0.3 is 9.47 Å². The molecule has 0 aliphatic rings. The molecule has 0 fully saturated rings. The van der Waals surface area contributed by atoms with Crippen LogP contribution in [0.2, 0.25) is 0 Å². The van der Waals surface area contributed by atoms with Crippen molar-refractivity contribution in [3.05, 3.63) is 18.0 Å². The van der Waals surface area contributed by atoms with Crippen LogP contribution in [-0.4, -0.2) is 33.9 Å². The molecule has 96 valence electrons. The van der Waals surface area contributed by atoms with E-state index in [0.29, 0.717) is 35.6 Å². The first-order valence-corrected chi connectivity index (χ1v) is 5.79. The van der Waals surface area contributed by atoms with Gasteiger partial charge in [0.1, 0.15) is 11.3 Å². The molecule has 18 heavy (non-hydrogen) atoms. The molecule has 0 saturated carbocycles. The van der Waals surface area contributed by atoms with Gasteiger partial charge in [-0.15, -0.1) is 0 Å². The molecule has 6 heteroatoms. The van der Waals surface area contributed by atoms with E-state index in [9.17, 15) is 4.79 Å². The first-order valence-electron chi connectivity index (χ1n) is 5.79. The molecule has 0 spiro atoms. The Hall–Kier alpha value is -2.11. The Kier molecular flexibility index (Phi) is 3.45. The van der Waals surface area contributed by atoms with Crippen LogP contribution in [0.1, 0.15) is 24.2 Å². The Bertz CT molecular complexity index is 577. The Morgan fingerprint density at radius 2 is 2.11 bits per heavy atom. The molecule has 2 aromatic rings. The standard InChI is InChI=1S/C12H15N3O3/c1-4-17-10-8-7-14-15(3)11(8)13-6-9(10)12(16)18-5-2/h6-7H,4-5H2,1-3H3. The van der Waals surface area contributed by atoms with E-state index in [4.69, 9.17) is 9.47 Å². The topological polar surface area (TPSA) is 66.2 Å². The average molecular weight is 249 g/mol. The molecular weight excluding hydrogens is 234 g/mol. The van der Waals surface area contributed by atoms with Gasteiger partial charge in [0.2, 0.25) is 0 Å². The van der Waals surface area contributed by atoms with Gasteiger partial charge in [0.05, 0.1) is 24.8 Å². The minimum absolute atomic E-state index is 0.315. The molecule has 0 radical (unpaired) electrons. The predicted octanol–water partition coefficient (Wildman–Crippen LogP) is 1.54. The van der Waals surface area contributed by atoms with Gasteiger partial charge >= 0.3 is 5.97 Å². The number of carbonyl (C=O) groups is 1. The van der Waals surface area contributed by atoms with Crippen molar-refractivity contribution in [3.63, 3.8) is 0 Å². The number of ether oxygens (including phenoxy) is 2. The lowest BCUT2D eigenvalue weighted by molar-refractivity contribution is 0.0522. The van der Waals surface area contributed by atoms with Crippen LogP contribution in [0.4, 0.5) is 0 Å². The lowest BCUT2D eigenvalue weighted by Crippen LogP contribution is -2.09. The van der Waals surface area contributed by atoms with Crippen molar-refractivity contribution in [2.24, 2.45) is 7.05 Å². The molecule has 0 amide bonds. The van der Waals surface area contributed by atoms with Gasteiger partial charge in [-0.3, -0.25) is 4.68 Å². The van der Waals surface area contributed by atoms with E-state index in [-0.39, 0.29) is 0 Å². The zero-order chi connectivity index (χ0) is 13.1. The Balaban J connectivity index is 2.58. The van der Waals surface area contributed by atoms with Crippen molar-refractivity contribution in [2.45, 2.75) is 13.8 Å². The van der Waals surface area contributed by atoms with Crippen molar-refractivity contribution < 1.29 is 14.3 Å². The summed E-state index contributed by atoms with van der Waals surface area (Å²) >= 11 is 0. The van der Waals surface area contributed by atoms with Crippen molar-refractivity contribution in [1.82, 2.24) is 14.8 Å². The summed E-state index contributed by atoms with van der Waals surface area (Å²) in [6.45, 7) is 4.39. The quantitative estimate of drug-likeness (QED) is 0.769. The fourth-order valence-electron chi connectivity index (χ4n) is 1.73.